The summed E-state index contributed by atoms with van der Waals surface area (Å²) >= 11 is 0. The summed E-state index contributed by atoms with van der Waals surface area (Å²) in [7, 11) is 0. The first kappa shape index (κ1) is 17.7. The molecule has 3 N–H and O–H groups in total. The number of rotatable bonds is 6. The number of hydrogen-bond donors (Lipinski definition) is 2. The van der Waals surface area contributed by atoms with Crippen molar-refractivity contribution in [3.05, 3.63) is 65.5 Å². The Morgan fingerprint density at radius 3 is 2.33 bits per heavy atom. The summed E-state index contributed by atoms with van der Waals surface area (Å²) in [5, 5.41) is 2.75. The van der Waals surface area contributed by atoms with Crippen LogP contribution in [-0.2, 0) is 11.3 Å². The number of primary amides is 1. The van der Waals surface area contributed by atoms with Gasteiger partial charge >= 0.3 is 6.36 Å². The van der Waals surface area contributed by atoms with Crippen LogP contribution in [0.4, 0.5) is 17.6 Å². The molecule has 0 aromatic heterocycles. The summed E-state index contributed by atoms with van der Waals surface area (Å²) in [6, 6.07) is 9.61. The molecule has 0 fully saturated rings. The first-order valence-corrected chi connectivity index (χ1v) is 6.88. The summed E-state index contributed by atoms with van der Waals surface area (Å²) < 4.78 is 54.1. The van der Waals surface area contributed by atoms with Gasteiger partial charge in [0.2, 0.25) is 5.91 Å². The van der Waals surface area contributed by atoms with Crippen LogP contribution in [0.5, 0.6) is 5.75 Å². The van der Waals surface area contributed by atoms with Crippen molar-refractivity contribution in [3.63, 3.8) is 0 Å². The quantitative estimate of drug-likeness (QED) is 0.793. The van der Waals surface area contributed by atoms with Gasteiger partial charge in [-0.25, -0.2) is 4.39 Å². The minimum absolute atomic E-state index is 0.1000. The van der Waals surface area contributed by atoms with E-state index in [2.05, 4.69) is 10.1 Å². The molecule has 0 aliphatic carbocycles. The van der Waals surface area contributed by atoms with Crippen LogP contribution in [0.3, 0.4) is 0 Å². The molecule has 2 rings (SSSR count). The Kier molecular flexibility index (Phi) is 5.40. The molecule has 2 aromatic rings. The van der Waals surface area contributed by atoms with E-state index in [1.165, 1.54) is 36.4 Å². The van der Waals surface area contributed by atoms with E-state index in [-0.39, 0.29) is 17.9 Å². The predicted molar refractivity (Wildman–Crippen MR) is 78.3 cm³/mol. The second kappa shape index (κ2) is 7.31. The summed E-state index contributed by atoms with van der Waals surface area (Å²) in [6.07, 6.45) is -4.82. The largest absolute Gasteiger partial charge is 0.573 e. The zero-order valence-electron chi connectivity index (χ0n) is 12.3. The molecule has 0 aliphatic rings. The highest BCUT2D eigenvalue weighted by atomic mass is 19.4. The fraction of sp³-hybridized carbons (Fsp3) is 0.188. The molecule has 0 spiro atoms. The third kappa shape index (κ3) is 4.95. The summed E-state index contributed by atoms with van der Waals surface area (Å²) in [5.41, 5.74) is 5.90. The molecule has 24 heavy (non-hydrogen) atoms. The zero-order chi connectivity index (χ0) is 17.7. The van der Waals surface area contributed by atoms with Gasteiger partial charge in [0, 0.05) is 12.1 Å². The summed E-state index contributed by atoms with van der Waals surface area (Å²) in [4.78, 5) is 11.6. The van der Waals surface area contributed by atoms with Crippen LogP contribution < -0.4 is 15.8 Å². The maximum atomic E-state index is 13.0. The molecule has 0 aliphatic heterocycles. The minimum Gasteiger partial charge on any atom is -0.405 e. The van der Waals surface area contributed by atoms with E-state index in [1.807, 2.05) is 0 Å². The molecule has 1 amide bonds. The first-order chi connectivity index (χ1) is 11.3. The normalized spacial score (nSPS) is 12.7. The first-order valence-electron chi connectivity index (χ1n) is 6.88. The van der Waals surface area contributed by atoms with Gasteiger partial charge in [-0.1, -0.05) is 30.3 Å². The topological polar surface area (TPSA) is 64.4 Å². The number of nitrogens with two attached hydrogens (primary N) is 1. The lowest BCUT2D eigenvalue weighted by Crippen LogP contribution is -2.33. The predicted octanol–water partition coefficient (Wildman–Crippen LogP) is 3.04. The zero-order valence-corrected chi connectivity index (χ0v) is 12.3. The van der Waals surface area contributed by atoms with Crippen LogP contribution in [-0.4, -0.2) is 12.3 Å². The second-order valence-corrected chi connectivity index (χ2v) is 4.92. The van der Waals surface area contributed by atoms with Gasteiger partial charge in [0.15, 0.2) is 0 Å². The monoisotopic (exact) mass is 342 g/mol. The standard InChI is InChI=1S/C16H14F4N2O2/c17-12-7-5-10(6-8-12)14(15(21)23)22-9-11-3-1-2-4-13(11)24-16(18,19)20/h1-8,14,22H,9H2,(H2,21,23). The number of amides is 1. The number of para-hydroxylation sites is 1. The van der Waals surface area contributed by atoms with Crippen LogP contribution in [0.25, 0.3) is 0 Å². The van der Waals surface area contributed by atoms with E-state index in [9.17, 15) is 22.4 Å². The van der Waals surface area contributed by atoms with Crippen molar-refractivity contribution in [3.8, 4) is 5.75 Å². The molecular weight excluding hydrogens is 328 g/mol. The number of carbonyl (C=O) groups is 1. The van der Waals surface area contributed by atoms with Gasteiger partial charge in [0.25, 0.3) is 0 Å². The van der Waals surface area contributed by atoms with Crippen molar-refractivity contribution in [1.29, 1.82) is 0 Å². The third-order valence-electron chi connectivity index (χ3n) is 3.18. The Hall–Kier alpha value is -2.61. The number of alkyl halides is 3. The fourth-order valence-corrected chi connectivity index (χ4v) is 2.12. The fourth-order valence-electron chi connectivity index (χ4n) is 2.12. The SMILES string of the molecule is NC(=O)C(NCc1ccccc1OC(F)(F)F)c1ccc(F)cc1. The molecule has 1 unspecified atom stereocenters. The van der Waals surface area contributed by atoms with E-state index in [4.69, 9.17) is 5.73 Å². The number of benzene rings is 2. The van der Waals surface area contributed by atoms with Gasteiger partial charge in [-0.05, 0) is 23.8 Å². The number of halogens is 4. The van der Waals surface area contributed by atoms with E-state index in [0.717, 1.165) is 12.1 Å². The lowest BCUT2D eigenvalue weighted by Gasteiger charge is -2.18. The van der Waals surface area contributed by atoms with Gasteiger partial charge in [0.1, 0.15) is 17.6 Å². The van der Waals surface area contributed by atoms with Gasteiger partial charge in [-0.2, -0.15) is 0 Å². The number of nitrogens with one attached hydrogen (secondary N) is 1. The van der Waals surface area contributed by atoms with Crippen molar-refractivity contribution in [1.82, 2.24) is 5.32 Å². The molecule has 4 nitrogen and oxygen atoms in total. The maximum absolute atomic E-state index is 13.0. The molecular formula is C16H14F4N2O2. The van der Waals surface area contributed by atoms with Crippen LogP contribution in [0.15, 0.2) is 48.5 Å². The Bertz CT molecular complexity index is 702. The van der Waals surface area contributed by atoms with Gasteiger partial charge in [0.05, 0.1) is 0 Å². The molecule has 0 bridgehead atoms. The Balaban J connectivity index is 2.16. The lowest BCUT2D eigenvalue weighted by molar-refractivity contribution is -0.274. The number of carbonyl (C=O) groups excluding carboxylic acids is 1. The lowest BCUT2D eigenvalue weighted by atomic mass is 10.1. The van der Waals surface area contributed by atoms with Gasteiger partial charge in [-0.3, -0.25) is 10.1 Å². The highest BCUT2D eigenvalue weighted by molar-refractivity contribution is 5.81. The third-order valence-corrected chi connectivity index (χ3v) is 3.18. The van der Waals surface area contributed by atoms with Crippen LogP contribution in [0, 0.1) is 5.82 Å². The smallest absolute Gasteiger partial charge is 0.405 e. The highest BCUT2D eigenvalue weighted by Gasteiger charge is 2.32. The van der Waals surface area contributed by atoms with Crippen LogP contribution >= 0.6 is 0 Å². The van der Waals surface area contributed by atoms with Crippen molar-refractivity contribution in [2.45, 2.75) is 18.9 Å². The van der Waals surface area contributed by atoms with E-state index in [1.54, 1.807) is 0 Å². The van der Waals surface area contributed by atoms with Gasteiger partial charge < -0.3 is 10.5 Å². The van der Waals surface area contributed by atoms with E-state index >= 15 is 0 Å². The Morgan fingerprint density at radius 2 is 1.75 bits per heavy atom. The van der Waals surface area contributed by atoms with Gasteiger partial charge in [-0.15, -0.1) is 13.2 Å². The average molecular weight is 342 g/mol. The van der Waals surface area contributed by atoms with Crippen LogP contribution in [0.1, 0.15) is 17.2 Å². The summed E-state index contributed by atoms with van der Waals surface area (Å²) in [6.45, 7) is -0.1000. The molecule has 0 radical (unpaired) electrons. The molecule has 1 atom stereocenters. The average Bonchev–Trinajstić information content (AvgIpc) is 2.49. The van der Waals surface area contributed by atoms with Crippen LogP contribution in [0.2, 0.25) is 0 Å². The molecule has 8 heteroatoms. The Labute approximate surface area is 135 Å². The molecule has 0 heterocycles. The molecule has 2 aromatic carbocycles. The van der Waals surface area contributed by atoms with E-state index in [0.29, 0.717) is 5.56 Å². The molecule has 0 saturated heterocycles. The second-order valence-electron chi connectivity index (χ2n) is 4.92. The Morgan fingerprint density at radius 1 is 1.12 bits per heavy atom. The number of hydrogen-bond acceptors (Lipinski definition) is 3. The summed E-state index contributed by atoms with van der Waals surface area (Å²) in [5.74, 6) is -1.60. The molecule has 128 valence electrons. The van der Waals surface area contributed by atoms with Crippen molar-refractivity contribution >= 4 is 5.91 Å². The molecule has 0 saturated carbocycles. The minimum atomic E-state index is -4.82. The van der Waals surface area contributed by atoms with Crippen molar-refractivity contribution < 1.29 is 27.1 Å². The van der Waals surface area contributed by atoms with E-state index < -0.39 is 24.1 Å². The number of ether oxygens (including phenoxy) is 1. The van der Waals surface area contributed by atoms with Crippen molar-refractivity contribution in [2.24, 2.45) is 5.73 Å². The maximum Gasteiger partial charge on any atom is 0.573 e. The highest BCUT2D eigenvalue weighted by Crippen LogP contribution is 2.26. The van der Waals surface area contributed by atoms with Crippen molar-refractivity contribution in [2.75, 3.05) is 0 Å².